The molecule has 0 radical (unpaired) electrons. The van der Waals surface area contributed by atoms with E-state index in [2.05, 4.69) is 19.9 Å². The first-order valence-electron chi connectivity index (χ1n) is 5.95. The zero-order valence-corrected chi connectivity index (χ0v) is 9.97. The van der Waals surface area contributed by atoms with E-state index in [1.54, 1.807) is 12.5 Å². The lowest BCUT2D eigenvalue weighted by molar-refractivity contribution is -0.121. The molecule has 0 amide bonds. The average Bonchev–Trinajstić information content (AvgIpc) is 2.43. The van der Waals surface area contributed by atoms with Crippen molar-refractivity contribution in [3.63, 3.8) is 0 Å². The summed E-state index contributed by atoms with van der Waals surface area (Å²) in [6.45, 7) is 6.21. The lowest BCUT2D eigenvalue weighted by Crippen LogP contribution is -2.14. The Kier molecular flexibility index (Phi) is 2.81. The average molecular weight is 204 g/mol. The summed E-state index contributed by atoms with van der Waals surface area (Å²) in [7, 11) is 0. The lowest BCUT2D eigenvalue weighted by atomic mass is 9.86. The molecule has 82 valence electrons. The number of rotatable bonds is 1. The molecule has 2 rings (SSSR count). The van der Waals surface area contributed by atoms with Crippen LogP contribution >= 0.6 is 0 Å². The van der Waals surface area contributed by atoms with E-state index in [-0.39, 0.29) is 0 Å². The third-order valence-electron chi connectivity index (χ3n) is 4.13. The number of hydrogen-bond acceptors (Lipinski definition) is 1. The van der Waals surface area contributed by atoms with Gasteiger partial charge in [0.1, 0.15) is 5.78 Å². The first-order valence-corrected chi connectivity index (χ1v) is 5.95. The van der Waals surface area contributed by atoms with Gasteiger partial charge in [0.05, 0.1) is 0 Å². The summed E-state index contributed by atoms with van der Waals surface area (Å²) >= 11 is 0. The Morgan fingerprint density at radius 3 is 2.80 bits per heavy atom. The summed E-state index contributed by atoms with van der Waals surface area (Å²) in [5, 5.41) is 0. The number of Topliss-reactive ketones (excluding diaryl/α,β-unsaturated/α-hetero) is 1. The van der Waals surface area contributed by atoms with Crippen molar-refractivity contribution >= 4 is 5.78 Å². The zero-order chi connectivity index (χ0) is 11.0. The number of ketones is 1. The third-order valence-corrected chi connectivity index (χ3v) is 4.13. The smallest absolute Gasteiger partial charge is 0.132 e. The van der Waals surface area contributed by atoms with Crippen LogP contribution in [0.1, 0.15) is 46.5 Å². The van der Waals surface area contributed by atoms with E-state index in [1.165, 1.54) is 11.1 Å². The molecule has 15 heavy (non-hydrogen) atoms. The molecular weight excluding hydrogens is 184 g/mol. The van der Waals surface area contributed by atoms with E-state index in [0.29, 0.717) is 17.6 Å². The highest BCUT2D eigenvalue weighted by molar-refractivity contribution is 5.78. The highest BCUT2D eigenvalue weighted by atomic mass is 16.1. The normalized spacial score (nSPS) is 31.0. The molecule has 0 aliphatic heterocycles. The van der Waals surface area contributed by atoms with Crippen LogP contribution in [-0.4, -0.2) is 5.78 Å². The van der Waals surface area contributed by atoms with Gasteiger partial charge in [-0.15, -0.1) is 0 Å². The molecule has 2 aliphatic rings. The van der Waals surface area contributed by atoms with E-state index in [1.807, 2.05) is 0 Å². The number of carbonyl (C=O) groups is 1. The van der Waals surface area contributed by atoms with Crippen molar-refractivity contribution < 1.29 is 4.79 Å². The summed E-state index contributed by atoms with van der Waals surface area (Å²) < 4.78 is 0. The van der Waals surface area contributed by atoms with E-state index in [9.17, 15) is 4.79 Å². The Balaban J connectivity index is 2.25. The standard InChI is InChI=1S/C14H20O/c1-9-4-6-12(11(3)15)8-14-10(2)5-7-13(9)14/h5,12,14H,4,6-8H2,1-3H3/t12-,14+/m1/s1. The molecule has 0 aromatic carbocycles. The molecule has 0 spiro atoms. The topological polar surface area (TPSA) is 17.1 Å². The third kappa shape index (κ3) is 1.92. The minimum Gasteiger partial charge on any atom is -0.300 e. The lowest BCUT2D eigenvalue weighted by Gasteiger charge is -2.17. The summed E-state index contributed by atoms with van der Waals surface area (Å²) in [6.07, 6.45) is 6.72. The Morgan fingerprint density at radius 2 is 2.13 bits per heavy atom. The molecule has 2 aliphatic carbocycles. The van der Waals surface area contributed by atoms with Gasteiger partial charge in [-0.25, -0.2) is 0 Å². The number of fused-ring (bicyclic) bond motifs is 1. The van der Waals surface area contributed by atoms with Gasteiger partial charge in [0.15, 0.2) is 0 Å². The fraction of sp³-hybridized carbons (Fsp3) is 0.643. The first-order chi connectivity index (χ1) is 7.09. The quantitative estimate of drug-likeness (QED) is 0.596. The van der Waals surface area contributed by atoms with Crippen molar-refractivity contribution in [3.05, 3.63) is 22.8 Å². The van der Waals surface area contributed by atoms with Gasteiger partial charge in [-0.1, -0.05) is 22.8 Å². The number of carbonyl (C=O) groups excluding carboxylic acids is 1. The largest absolute Gasteiger partial charge is 0.300 e. The van der Waals surface area contributed by atoms with Crippen LogP contribution in [0.5, 0.6) is 0 Å². The number of hydrogen-bond donors (Lipinski definition) is 0. The van der Waals surface area contributed by atoms with Crippen molar-refractivity contribution in [3.8, 4) is 0 Å². The van der Waals surface area contributed by atoms with E-state index >= 15 is 0 Å². The number of allylic oxidation sites excluding steroid dienone is 4. The second-order valence-corrected chi connectivity index (χ2v) is 5.09. The highest BCUT2D eigenvalue weighted by Crippen LogP contribution is 2.42. The molecule has 0 aromatic rings. The van der Waals surface area contributed by atoms with Gasteiger partial charge < -0.3 is 0 Å². The van der Waals surface area contributed by atoms with E-state index in [0.717, 1.165) is 25.7 Å². The summed E-state index contributed by atoms with van der Waals surface area (Å²) in [5.74, 6) is 1.26. The maximum Gasteiger partial charge on any atom is 0.132 e. The molecular formula is C14H20O. The van der Waals surface area contributed by atoms with Gasteiger partial charge in [-0.2, -0.15) is 0 Å². The van der Waals surface area contributed by atoms with Gasteiger partial charge in [0.25, 0.3) is 0 Å². The zero-order valence-electron chi connectivity index (χ0n) is 9.97. The highest BCUT2D eigenvalue weighted by Gasteiger charge is 2.30. The molecule has 1 heteroatoms. The summed E-state index contributed by atoms with van der Waals surface area (Å²) in [5.41, 5.74) is 4.63. The first kappa shape index (κ1) is 10.7. The van der Waals surface area contributed by atoms with Crippen molar-refractivity contribution in [1.82, 2.24) is 0 Å². The predicted octanol–water partition coefficient (Wildman–Crippen LogP) is 3.66. The van der Waals surface area contributed by atoms with Gasteiger partial charge in [-0.3, -0.25) is 4.79 Å². The second-order valence-electron chi connectivity index (χ2n) is 5.09. The molecule has 0 fully saturated rings. The van der Waals surface area contributed by atoms with Crippen LogP contribution in [0.3, 0.4) is 0 Å². The Bertz CT molecular complexity index is 346. The van der Waals surface area contributed by atoms with Crippen LogP contribution in [0.25, 0.3) is 0 Å². The van der Waals surface area contributed by atoms with Crippen LogP contribution in [-0.2, 0) is 4.79 Å². The molecule has 0 aromatic heterocycles. The molecule has 0 saturated heterocycles. The maximum absolute atomic E-state index is 11.5. The minimum atomic E-state index is 0.295. The van der Waals surface area contributed by atoms with Crippen molar-refractivity contribution in [2.24, 2.45) is 11.8 Å². The van der Waals surface area contributed by atoms with Crippen molar-refractivity contribution in [2.75, 3.05) is 0 Å². The monoisotopic (exact) mass is 204 g/mol. The van der Waals surface area contributed by atoms with E-state index in [4.69, 9.17) is 0 Å². The van der Waals surface area contributed by atoms with Crippen molar-refractivity contribution in [1.29, 1.82) is 0 Å². The molecule has 0 saturated carbocycles. The summed E-state index contributed by atoms with van der Waals surface area (Å²) in [4.78, 5) is 11.5. The van der Waals surface area contributed by atoms with E-state index < -0.39 is 0 Å². The maximum atomic E-state index is 11.5. The SMILES string of the molecule is CC(=O)[C@@H]1CCC(C)=C2CC=C(C)[C@@H]2C1. The predicted molar refractivity (Wildman–Crippen MR) is 62.6 cm³/mol. The van der Waals surface area contributed by atoms with Gasteiger partial charge in [0.2, 0.25) is 0 Å². The van der Waals surface area contributed by atoms with Crippen LogP contribution in [0, 0.1) is 11.8 Å². The molecule has 0 bridgehead atoms. The fourth-order valence-electron chi connectivity index (χ4n) is 2.95. The van der Waals surface area contributed by atoms with Crippen LogP contribution in [0.4, 0.5) is 0 Å². The summed E-state index contributed by atoms with van der Waals surface area (Å²) in [6, 6.07) is 0. The molecule has 0 N–H and O–H groups in total. The Hall–Kier alpha value is -0.850. The molecule has 0 heterocycles. The van der Waals surface area contributed by atoms with Crippen LogP contribution in [0.15, 0.2) is 22.8 Å². The molecule has 2 atom stereocenters. The fourth-order valence-corrected chi connectivity index (χ4v) is 2.95. The Labute approximate surface area is 92.3 Å². The molecule has 0 unspecified atom stereocenters. The Morgan fingerprint density at radius 1 is 1.40 bits per heavy atom. The van der Waals surface area contributed by atoms with Gasteiger partial charge in [0, 0.05) is 11.8 Å². The van der Waals surface area contributed by atoms with Crippen LogP contribution < -0.4 is 0 Å². The molecule has 1 nitrogen and oxygen atoms in total. The van der Waals surface area contributed by atoms with Gasteiger partial charge >= 0.3 is 0 Å². The van der Waals surface area contributed by atoms with Crippen molar-refractivity contribution in [2.45, 2.75) is 46.5 Å². The minimum absolute atomic E-state index is 0.295. The second kappa shape index (κ2) is 3.96. The van der Waals surface area contributed by atoms with Crippen LogP contribution in [0.2, 0.25) is 0 Å². The van der Waals surface area contributed by atoms with Gasteiger partial charge in [-0.05, 0) is 46.5 Å².